The van der Waals surface area contributed by atoms with Crippen molar-refractivity contribution >= 4 is 0 Å². The maximum atomic E-state index is 13.3. The van der Waals surface area contributed by atoms with Crippen LogP contribution in [0.25, 0.3) is 0 Å². The summed E-state index contributed by atoms with van der Waals surface area (Å²) in [6, 6.07) is 9.13. The van der Waals surface area contributed by atoms with Gasteiger partial charge in [0.25, 0.3) is 0 Å². The van der Waals surface area contributed by atoms with Gasteiger partial charge in [0.1, 0.15) is 6.17 Å². The van der Waals surface area contributed by atoms with Crippen molar-refractivity contribution in [2.45, 2.75) is 32.1 Å². The van der Waals surface area contributed by atoms with Gasteiger partial charge < -0.3 is 0 Å². The lowest BCUT2D eigenvalue weighted by Crippen LogP contribution is -2.11. The molecule has 0 nitrogen and oxygen atoms in total. The van der Waals surface area contributed by atoms with Crippen molar-refractivity contribution in [3.05, 3.63) is 47.5 Å². The van der Waals surface area contributed by atoms with E-state index in [0.29, 0.717) is 12.5 Å². The van der Waals surface area contributed by atoms with Crippen molar-refractivity contribution in [1.82, 2.24) is 0 Å². The third-order valence-electron chi connectivity index (χ3n) is 2.43. The first-order valence-corrected chi connectivity index (χ1v) is 5.33. The molecule has 0 aliphatic rings. The van der Waals surface area contributed by atoms with Gasteiger partial charge in [0.2, 0.25) is 0 Å². The van der Waals surface area contributed by atoms with E-state index in [4.69, 9.17) is 0 Å². The lowest BCUT2D eigenvalue weighted by molar-refractivity contribution is -0.0919. The van der Waals surface area contributed by atoms with E-state index in [1.807, 2.05) is 30.3 Å². The molecule has 0 saturated carbocycles. The number of benzene rings is 1. The molecular weight excluding hydrogens is 232 g/mol. The predicted molar refractivity (Wildman–Crippen MR) is 59.5 cm³/mol. The summed E-state index contributed by atoms with van der Waals surface area (Å²) in [6.45, 7) is 0.884. The first-order valence-electron chi connectivity index (χ1n) is 5.33. The van der Waals surface area contributed by atoms with E-state index in [1.54, 1.807) is 0 Å². The number of alkyl halides is 4. The minimum atomic E-state index is -4.43. The highest BCUT2D eigenvalue weighted by Gasteiger charge is 2.30. The van der Waals surface area contributed by atoms with Crippen LogP contribution in [0.15, 0.2) is 42.0 Å². The Morgan fingerprint density at radius 1 is 1.24 bits per heavy atom. The lowest BCUT2D eigenvalue weighted by Gasteiger charge is -2.09. The SMILES string of the molecule is C/C(=C\C(F)CCc1ccccc1)C(F)(F)F. The van der Waals surface area contributed by atoms with Gasteiger partial charge in [-0.05, 0) is 31.4 Å². The third kappa shape index (κ3) is 5.02. The molecule has 0 spiro atoms. The summed E-state index contributed by atoms with van der Waals surface area (Å²) in [6.07, 6.45) is -4.85. The first-order chi connectivity index (χ1) is 7.89. The van der Waals surface area contributed by atoms with Crippen LogP contribution in [0.2, 0.25) is 0 Å². The molecule has 1 aromatic carbocycles. The maximum absolute atomic E-state index is 13.3. The van der Waals surface area contributed by atoms with Gasteiger partial charge in [-0.1, -0.05) is 30.3 Å². The van der Waals surface area contributed by atoms with Crippen molar-refractivity contribution in [2.24, 2.45) is 0 Å². The molecule has 1 rings (SSSR count). The lowest BCUT2D eigenvalue weighted by atomic mass is 10.1. The minimum Gasteiger partial charge on any atom is -0.243 e. The van der Waals surface area contributed by atoms with Gasteiger partial charge in [-0.2, -0.15) is 13.2 Å². The van der Waals surface area contributed by atoms with Crippen LogP contribution in [0.5, 0.6) is 0 Å². The van der Waals surface area contributed by atoms with Gasteiger partial charge in [-0.15, -0.1) is 0 Å². The van der Waals surface area contributed by atoms with Crippen LogP contribution in [-0.2, 0) is 6.42 Å². The number of halogens is 4. The maximum Gasteiger partial charge on any atom is 0.412 e. The van der Waals surface area contributed by atoms with Crippen LogP contribution in [0.4, 0.5) is 17.6 Å². The largest absolute Gasteiger partial charge is 0.412 e. The Kier molecular flexibility index (Phi) is 4.73. The number of hydrogen-bond donors (Lipinski definition) is 0. The van der Waals surface area contributed by atoms with Gasteiger partial charge in [0.15, 0.2) is 0 Å². The van der Waals surface area contributed by atoms with Crippen LogP contribution in [0.3, 0.4) is 0 Å². The first kappa shape index (κ1) is 13.7. The summed E-state index contributed by atoms with van der Waals surface area (Å²) < 4.78 is 49.7. The zero-order valence-corrected chi connectivity index (χ0v) is 9.47. The third-order valence-corrected chi connectivity index (χ3v) is 2.43. The Bertz CT molecular complexity index is 365. The second kappa shape index (κ2) is 5.84. The van der Waals surface area contributed by atoms with Crippen LogP contribution in [0.1, 0.15) is 18.9 Å². The standard InChI is InChI=1S/C13H14F4/c1-10(13(15,16)17)9-12(14)8-7-11-5-3-2-4-6-11/h2-6,9,12H,7-8H2,1H3/b10-9+. The fourth-order valence-electron chi connectivity index (χ4n) is 1.40. The van der Waals surface area contributed by atoms with E-state index in [9.17, 15) is 17.6 Å². The average Bonchev–Trinajstić information content (AvgIpc) is 2.26. The highest BCUT2D eigenvalue weighted by molar-refractivity contribution is 5.15. The fourth-order valence-corrected chi connectivity index (χ4v) is 1.40. The van der Waals surface area contributed by atoms with Crippen LogP contribution in [-0.4, -0.2) is 12.3 Å². The van der Waals surface area contributed by atoms with Gasteiger partial charge in [0, 0.05) is 5.57 Å². The number of allylic oxidation sites excluding steroid dienone is 2. The normalized spacial score (nSPS) is 14.8. The Morgan fingerprint density at radius 2 is 1.82 bits per heavy atom. The van der Waals surface area contributed by atoms with Crippen LogP contribution >= 0.6 is 0 Å². The zero-order valence-electron chi connectivity index (χ0n) is 9.47. The van der Waals surface area contributed by atoms with E-state index < -0.39 is 17.9 Å². The molecule has 0 radical (unpaired) electrons. The quantitative estimate of drug-likeness (QED) is 0.543. The predicted octanol–water partition coefficient (Wildman–Crippen LogP) is 4.47. The molecule has 4 heteroatoms. The monoisotopic (exact) mass is 246 g/mol. The summed E-state index contributed by atoms with van der Waals surface area (Å²) >= 11 is 0. The van der Waals surface area contributed by atoms with E-state index in [2.05, 4.69) is 0 Å². The van der Waals surface area contributed by atoms with Gasteiger partial charge in [-0.25, -0.2) is 4.39 Å². The Morgan fingerprint density at radius 3 is 2.35 bits per heavy atom. The van der Waals surface area contributed by atoms with Crippen molar-refractivity contribution in [1.29, 1.82) is 0 Å². The minimum absolute atomic E-state index is 0.0669. The molecule has 94 valence electrons. The number of rotatable bonds is 4. The van der Waals surface area contributed by atoms with Crippen LogP contribution < -0.4 is 0 Å². The molecule has 0 aliphatic carbocycles. The number of hydrogen-bond acceptors (Lipinski definition) is 0. The van der Waals surface area contributed by atoms with Gasteiger partial charge in [-0.3, -0.25) is 0 Å². The molecule has 0 amide bonds. The summed E-state index contributed by atoms with van der Waals surface area (Å²) in [4.78, 5) is 0. The Labute approximate surface area is 98.0 Å². The van der Waals surface area contributed by atoms with Gasteiger partial charge >= 0.3 is 6.18 Å². The van der Waals surface area contributed by atoms with E-state index in [-0.39, 0.29) is 6.42 Å². The molecule has 1 aromatic rings. The van der Waals surface area contributed by atoms with Gasteiger partial charge in [0.05, 0.1) is 0 Å². The van der Waals surface area contributed by atoms with E-state index in [0.717, 1.165) is 12.5 Å². The zero-order chi connectivity index (χ0) is 12.9. The molecule has 1 atom stereocenters. The molecular formula is C13H14F4. The average molecular weight is 246 g/mol. The second-order valence-electron chi connectivity index (χ2n) is 3.89. The molecule has 0 bridgehead atoms. The summed E-state index contributed by atoms with van der Waals surface area (Å²) in [7, 11) is 0. The van der Waals surface area contributed by atoms with Crippen molar-refractivity contribution < 1.29 is 17.6 Å². The summed E-state index contributed by atoms with van der Waals surface area (Å²) in [5, 5.41) is 0. The second-order valence-corrected chi connectivity index (χ2v) is 3.89. The summed E-state index contributed by atoms with van der Waals surface area (Å²) in [5.41, 5.74) is 0.0475. The molecule has 0 aromatic heterocycles. The smallest absolute Gasteiger partial charge is 0.243 e. The van der Waals surface area contributed by atoms with E-state index >= 15 is 0 Å². The molecule has 0 N–H and O–H groups in total. The summed E-state index contributed by atoms with van der Waals surface area (Å²) in [5.74, 6) is 0. The Hall–Kier alpha value is -1.32. The molecule has 17 heavy (non-hydrogen) atoms. The molecule has 1 unspecified atom stereocenters. The highest BCUT2D eigenvalue weighted by Crippen LogP contribution is 2.26. The molecule has 0 fully saturated rings. The van der Waals surface area contributed by atoms with Crippen LogP contribution in [0, 0.1) is 0 Å². The fraction of sp³-hybridized carbons (Fsp3) is 0.385. The molecule has 0 aliphatic heterocycles. The van der Waals surface area contributed by atoms with E-state index in [1.165, 1.54) is 0 Å². The Balaban J connectivity index is 2.48. The number of aryl methyl sites for hydroxylation is 1. The topological polar surface area (TPSA) is 0 Å². The highest BCUT2D eigenvalue weighted by atomic mass is 19.4. The van der Waals surface area contributed by atoms with Crippen molar-refractivity contribution in [3.8, 4) is 0 Å². The van der Waals surface area contributed by atoms with Crippen molar-refractivity contribution in [2.75, 3.05) is 0 Å². The molecule has 0 heterocycles. The molecule has 0 saturated heterocycles. The van der Waals surface area contributed by atoms with Crippen molar-refractivity contribution in [3.63, 3.8) is 0 Å².